The molecule has 0 unspecified atom stereocenters. The van der Waals surface area contributed by atoms with Crippen LogP contribution in [-0.2, 0) is 4.79 Å². The molecule has 0 spiro atoms. The molecular weight excluding hydrogens is 289 g/mol. The van der Waals surface area contributed by atoms with E-state index in [1.807, 2.05) is 13.8 Å². The third-order valence-electron chi connectivity index (χ3n) is 3.27. The quantitative estimate of drug-likeness (QED) is 0.700. The fourth-order valence-corrected chi connectivity index (χ4v) is 2.68. The highest BCUT2D eigenvalue weighted by molar-refractivity contribution is 7.80. The van der Waals surface area contributed by atoms with Gasteiger partial charge in [-0.2, -0.15) is 13.2 Å². The van der Waals surface area contributed by atoms with Crippen LogP contribution in [0.3, 0.4) is 0 Å². The van der Waals surface area contributed by atoms with Gasteiger partial charge in [-0.1, -0.05) is 38.9 Å². The van der Waals surface area contributed by atoms with Crippen molar-refractivity contribution in [3.63, 3.8) is 0 Å². The number of hydrogen-bond acceptors (Lipinski definition) is 2. The molecule has 0 saturated heterocycles. The van der Waals surface area contributed by atoms with Crippen LogP contribution in [-0.4, -0.2) is 35.1 Å². The predicted octanol–water partition coefficient (Wildman–Crippen LogP) is 3.27. The normalized spacial score (nSPS) is 12.3. The molecule has 3 nitrogen and oxygen atoms in total. The first-order chi connectivity index (χ1) is 9.14. The first-order valence-electron chi connectivity index (χ1n) is 6.80. The second-order valence-corrected chi connectivity index (χ2v) is 5.32. The Bertz CT molecular complexity index is 339. The number of thiocarbonyl (C=S) groups is 1. The highest BCUT2D eigenvalue weighted by Crippen LogP contribution is 2.34. The van der Waals surface area contributed by atoms with Gasteiger partial charge in [-0.25, -0.2) is 0 Å². The van der Waals surface area contributed by atoms with Gasteiger partial charge in [0.05, 0.1) is 10.4 Å². The smallest absolute Gasteiger partial charge is 0.392 e. The fourth-order valence-electron chi connectivity index (χ4n) is 2.39. The number of halogens is 3. The second-order valence-electron chi connectivity index (χ2n) is 4.88. The maximum atomic E-state index is 12.6. The minimum atomic E-state index is -4.42. The lowest BCUT2D eigenvalue weighted by Gasteiger charge is -2.36. The molecule has 20 heavy (non-hydrogen) atoms. The van der Waals surface area contributed by atoms with Crippen LogP contribution in [0.25, 0.3) is 0 Å². The minimum absolute atomic E-state index is 0.00757. The number of nitrogens with zero attached hydrogens (tertiary/aromatic N) is 1. The molecule has 0 aromatic heterocycles. The zero-order chi connectivity index (χ0) is 16.0. The zero-order valence-electron chi connectivity index (χ0n) is 12.2. The molecule has 0 radical (unpaired) electrons. The zero-order valence-corrected chi connectivity index (χ0v) is 13.0. The molecule has 0 aliphatic rings. The van der Waals surface area contributed by atoms with Crippen molar-refractivity contribution < 1.29 is 18.0 Å². The molecule has 1 amide bonds. The molecule has 0 atom stereocenters. The Kier molecular flexibility index (Phi) is 7.47. The summed E-state index contributed by atoms with van der Waals surface area (Å²) in [6.07, 6.45) is -2.40. The van der Waals surface area contributed by atoms with Crippen molar-refractivity contribution in [2.75, 3.05) is 13.1 Å². The summed E-state index contributed by atoms with van der Waals surface area (Å²) in [5.74, 6) is -0.603. The van der Waals surface area contributed by atoms with E-state index in [0.29, 0.717) is 25.7 Å². The van der Waals surface area contributed by atoms with Crippen LogP contribution >= 0.6 is 12.2 Å². The molecule has 0 rings (SSSR count). The van der Waals surface area contributed by atoms with Crippen LogP contribution < -0.4 is 5.73 Å². The largest absolute Gasteiger partial charge is 0.406 e. The van der Waals surface area contributed by atoms with E-state index in [2.05, 4.69) is 0 Å². The number of hydrogen-bond donors (Lipinski definition) is 1. The maximum Gasteiger partial charge on any atom is 0.406 e. The van der Waals surface area contributed by atoms with Gasteiger partial charge < -0.3 is 10.6 Å². The van der Waals surface area contributed by atoms with E-state index in [9.17, 15) is 18.0 Å². The lowest BCUT2D eigenvalue weighted by molar-refractivity contribution is -0.165. The van der Waals surface area contributed by atoms with Gasteiger partial charge in [-0.3, -0.25) is 4.79 Å². The van der Waals surface area contributed by atoms with E-state index < -0.39 is 24.0 Å². The summed E-state index contributed by atoms with van der Waals surface area (Å²) in [5.41, 5.74) is 4.55. The molecule has 0 heterocycles. The van der Waals surface area contributed by atoms with Crippen LogP contribution in [0, 0.1) is 5.41 Å². The lowest BCUT2D eigenvalue weighted by atomic mass is 9.77. The Labute approximate surface area is 123 Å². The molecule has 0 fully saturated rings. The van der Waals surface area contributed by atoms with Crippen molar-refractivity contribution >= 4 is 23.1 Å². The second kappa shape index (κ2) is 7.81. The fraction of sp³-hybridized carbons (Fsp3) is 0.846. The van der Waals surface area contributed by atoms with E-state index in [1.54, 1.807) is 0 Å². The first-order valence-corrected chi connectivity index (χ1v) is 7.21. The number of carbonyl (C=O) groups is 1. The van der Waals surface area contributed by atoms with Gasteiger partial charge in [-0.05, 0) is 19.8 Å². The molecular formula is C13H23F3N2OS. The van der Waals surface area contributed by atoms with E-state index in [0.717, 1.165) is 4.90 Å². The number of carbonyl (C=O) groups excluding carboxylic acids is 1. The van der Waals surface area contributed by atoms with Crippen molar-refractivity contribution in [1.82, 2.24) is 4.90 Å². The van der Waals surface area contributed by atoms with Gasteiger partial charge >= 0.3 is 6.18 Å². The van der Waals surface area contributed by atoms with Crippen molar-refractivity contribution in [3.8, 4) is 0 Å². The van der Waals surface area contributed by atoms with Gasteiger partial charge in [0.25, 0.3) is 0 Å². The molecule has 7 heteroatoms. The summed E-state index contributed by atoms with van der Waals surface area (Å²) in [6.45, 7) is 3.95. The van der Waals surface area contributed by atoms with Crippen LogP contribution in [0.1, 0.15) is 46.5 Å². The molecule has 0 aromatic carbocycles. The lowest BCUT2D eigenvalue weighted by Crippen LogP contribution is -2.52. The minimum Gasteiger partial charge on any atom is -0.392 e. The Balaban J connectivity index is 5.42. The van der Waals surface area contributed by atoms with Gasteiger partial charge in [-0.15, -0.1) is 0 Å². The van der Waals surface area contributed by atoms with Gasteiger partial charge in [0.15, 0.2) is 0 Å². The number of alkyl halides is 3. The maximum absolute atomic E-state index is 12.6. The average Bonchev–Trinajstić information content (AvgIpc) is 2.33. The van der Waals surface area contributed by atoms with Gasteiger partial charge in [0.1, 0.15) is 6.54 Å². The van der Waals surface area contributed by atoms with E-state index in [4.69, 9.17) is 18.0 Å². The van der Waals surface area contributed by atoms with Crippen LogP contribution in [0.15, 0.2) is 0 Å². The van der Waals surface area contributed by atoms with Crippen LogP contribution in [0.2, 0.25) is 0 Å². The molecule has 2 N–H and O–H groups in total. The topological polar surface area (TPSA) is 46.3 Å². The number of rotatable bonds is 8. The first kappa shape index (κ1) is 19.1. The monoisotopic (exact) mass is 312 g/mol. The highest BCUT2D eigenvalue weighted by atomic mass is 32.1. The summed E-state index contributed by atoms with van der Waals surface area (Å²) >= 11 is 4.99. The molecule has 0 aromatic rings. The molecule has 0 saturated carbocycles. The SMILES string of the molecule is CCCC(CCC)(C(=O)N(CC)CC(F)(F)F)C(N)=S. The molecule has 0 aliphatic carbocycles. The third kappa shape index (κ3) is 4.92. The van der Waals surface area contributed by atoms with Crippen molar-refractivity contribution in [3.05, 3.63) is 0 Å². The molecule has 118 valence electrons. The van der Waals surface area contributed by atoms with E-state index in [1.165, 1.54) is 6.92 Å². The van der Waals surface area contributed by atoms with Crippen LogP contribution in [0.5, 0.6) is 0 Å². The summed E-state index contributed by atoms with van der Waals surface area (Å²) in [6, 6.07) is 0. The number of nitrogens with two attached hydrogens (primary N) is 1. The highest BCUT2D eigenvalue weighted by Gasteiger charge is 2.44. The van der Waals surface area contributed by atoms with E-state index in [-0.39, 0.29) is 11.5 Å². The third-order valence-corrected chi connectivity index (χ3v) is 3.66. The van der Waals surface area contributed by atoms with Crippen molar-refractivity contribution in [1.29, 1.82) is 0 Å². The van der Waals surface area contributed by atoms with Crippen molar-refractivity contribution in [2.45, 2.75) is 52.6 Å². The summed E-state index contributed by atoms with van der Waals surface area (Å²) in [4.78, 5) is 13.3. The number of amides is 1. The average molecular weight is 312 g/mol. The summed E-state index contributed by atoms with van der Waals surface area (Å²) in [5, 5.41) is 0. The Hall–Kier alpha value is -0.850. The summed E-state index contributed by atoms with van der Waals surface area (Å²) in [7, 11) is 0. The summed E-state index contributed by atoms with van der Waals surface area (Å²) < 4.78 is 37.7. The van der Waals surface area contributed by atoms with Gasteiger partial charge in [0, 0.05) is 6.54 Å². The van der Waals surface area contributed by atoms with Crippen LogP contribution in [0.4, 0.5) is 13.2 Å². The van der Waals surface area contributed by atoms with Gasteiger partial charge in [0.2, 0.25) is 5.91 Å². The Morgan fingerprint density at radius 1 is 1.15 bits per heavy atom. The predicted molar refractivity (Wildman–Crippen MR) is 77.3 cm³/mol. The molecule has 0 aliphatic heterocycles. The Morgan fingerprint density at radius 3 is 1.85 bits per heavy atom. The van der Waals surface area contributed by atoms with E-state index >= 15 is 0 Å². The standard InChI is InChI=1S/C13H23F3N2OS/c1-4-7-12(8-5-2,10(17)20)11(19)18(6-3)9-13(14,15)16/h4-9H2,1-3H3,(H2,17,20). The Morgan fingerprint density at radius 2 is 1.60 bits per heavy atom. The van der Waals surface area contributed by atoms with Crippen molar-refractivity contribution in [2.24, 2.45) is 11.1 Å². The molecule has 0 bridgehead atoms.